The summed E-state index contributed by atoms with van der Waals surface area (Å²) >= 11 is 11.7. The van der Waals surface area contributed by atoms with Crippen LogP contribution >= 0.6 is 23.2 Å². The Balaban J connectivity index is 1.96. The van der Waals surface area contributed by atoms with Crippen LogP contribution in [0.15, 0.2) is 47.4 Å². The van der Waals surface area contributed by atoms with Gasteiger partial charge in [0.1, 0.15) is 0 Å². The zero-order valence-electron chi connectivity index (χ0n) is 16.2. The number of amides is 1. The molecule has 2 N–H and O–H groups in total. The van der Waals surface area contributed by atoms with Crippen molar-refractivity contribution in [2.45, 2.75) is 25.2 Å². The molecule has 0 aliphatic heterocycles. The van der Waals surface area contributed by atoms with Crippen LogP contribution in [-0.4, -0.2) is 34.1 Å². The van der Waals surface area contributed by atoms with Gasteiger partial charge < -0.3 is 10.1 Å². The van der Waals surface area contributed by atoms with Gasteiger partial charge in [-0.3, -0.25) is 9.52 Å². The van der Waals surface area contributed by atoms with Crippen LogP contribution in [0.1, 0.15) is 30.6 Å². The Bertz CT molecular complexity index is 949. The third kappa shape index (κ3) is 7.51. The molecule has 158 valence electrons. The molecule has 0 radical (unpaired) electrons. The molecule has 0 spiro atoms. The fraction of sp³-hybridized carbons (Fsp3) is 0.350. The van der Waals surface area contributed by atoms with Gasteiger partial charge in [0.2, 0.25) is 0 Å². The summed E-state index contributed by atoms with van der Waals surface area (Å²) in [4.78, 5) is 12.3. The topological polar surface area (TPSA) is 84.5 Å². The average molecular weight is 459 g/mol. The molecule has 0 bridgehead atoms. The summed E-state index contributed by atoms with van der Waals surface area (Å²) < 4.78 is 33.0. The zero-order chi connectivity index (χ0) is 21.4. The highest BCUT2D eigenvalue weighted by atomic mass is 35.5. The molecule has 0 heterocycles. The molecule has 0 saturated carbocycles. The summed E-state index contributed by atoms with van der Waals surface area (Å²) in [5.74, 6) is 0.185. The molecule has 6 nitrogen and oxygen atoms in total. The number of carbonyl (C=O) groups is 1. The third-order valence-corrected chi connectivity index (χ3v) is 5.90. The first kappa shape index (κ1) is 23.5. The molecule has 0 fully saturated rings. The van der Waals surface area contributed by atoms with Crippen LogP contribution in [-0.2, 0) is 14.8 Å². The van der Waals surface area contributed by atoms with E-state index in [1.54, 1.807) is 18.2 Å². The van der Waals surface area contributed by atoms with Crippen molar-refractivity contribution in [3.05, 3.63) is 58.1 Å². The SMILES string of the molecule is CC(C)COCCCNC(=O)c1cccc(NS(=O)(=O)c2ccc(Cl)c(Cl)c2)c1. The van der Waals surface area contributed by atoms with Gasteiger partial charge in [-0.05, 0) is 48.7 Å². The van der Waals surface area contributed by atoms with Crippen molar-refractivity contribution < 1.29 is 17.9 Å². The first-order valence-electron chi connectivity index (χ1n) is 9.13. The number of nitrogens with one attached hydrogen (secondary N) is 2. The molecule has 0 aromatic heterocycles. The summed E-state index contributed by atoms with van der Waals surface area (Å²) in [5, 5.41) is 3.20. The van der Waals surface area contributed by atoms with Crippen molar-refractivity contribution in [1.82, 2.24) is 5.32 Å². The molecule has 9 heteroatoms. The number of anilines is 1. The quantitative estimate of drug-likeness (QED) is 0.509. The molecule has 0 atom stereocenters. The molecule has 1 amide bonds. The fourth-order valence-electron chi connectivity index (χ4n) is 2.38. The Morgan fingerprint density at radius 1 is 1.10 bits per heavy atom. The van der Waals surface area contributed by atoms with Gasteiger partial charge in [-0.25, -0.2) is 8.42 Å². The summed E-state index contributed by atoms with van der Waals surface area (Å²) in [5.41, 5.74) is 0.617. The van der Waals surface area contributed by atoms with Crippen molar-refractivity contribution in [3.63, 3.8) is 0 Å². The number of halogens is 2. The second kappa shape index (κ2) is 10.8. The van der Waals surface area contributed by atoms with Gasteiger partial charge in [0.15, 0.2) is 0 Å². The van der Waals surface area contributed by atoms with E-state index in [9.17, 15) is 13.2 Å². The van der Waals surface area contributed by atoms with E-state index in [2.05, 4.69) is 23.9 Å². The summed E-state index contributed by atoms with van der Waals surface area (Å²) in [6.07, 6.45) is 0.697. The molecule has 0 saturated heterocycles. The van der Waals surface area contributed by atoms with Gasteiger partial charge in [0.05, 0.1) is 14.9 Å². The Morgan fingerprint density at radius 2 is 1.86 bits per heavy atom. The molecule has 0 aliphatic rings. The van der Waals surface area contributed by atoms with Crippen LogP contribution in [0.3, 0.4) is 0 Å². The van der Waals surface area contributed by atoms with Crippen LogP contribution < -0.4 is 10.0 Å². The molecule has 2 rings (SSSR count). The standard InChI is InChI=1S/C20H24Cl2N2O4S/c1-14(2)13-28-10-4-9-23-20(25)15-5-3-6-16(11-15)24-29(26,27)17-7-8-18(21)19(22)12-17/h3,5-8,11-12,14,24H,4,9-10,13H2,1-2H3,(H,23,25). The number of ether oxygens (including phenoxy) is 1. The predicted octanol–water partition coefficient (Wildman–Crippen LogP) is 4.59. The van der Waals surface area contributed by atoms with E-state index < -0.39 is 10.0 Å². The lowest BCUT2D eigenvalue weighted by molar-refractivity contribution is 0.0925. The number of carbonyl (C=O) groups excluding carboxylic acids is 1. The lowest BCUT2D eigenvalue weighted by Gasteiger charge is -2.11. The van der Waals surface area contributed by atoms with Gasteiger partial charge in [-0.2, -0.15) is 0 Å². The van der Waals surface area contributed by atoms with Gasteiger partial charge in [-0.1, -0.05) is 43.1 Å². The maximum absolute atomic E-state index is 12.5. The molecule has 29 heavy (non-hydrogen) atoms. The number of benzene rings is 2. The molecule has 2 aromatic rings. The van der Waals surface area contributed by atoms with Crippen molar-refractivity contribution in [3.8, 4) is 0 Å². The van der Waals surface area contributed by atoms with Gasteiger partial charge in [0, 0.05) is 31.0 Å². The lowest BCUT2D eigenvalue weighted by atomic mass is 10.2. The Kier molecular flexibility index (Phi) is 8.77. The van der Waals surface area contributed by atoms with E-state index in [0.717, 1.165) is 0 Å². The van der Waals surface area contributed by atoms with Crippen LogP contribution in [0.4, 0.5) is 5.69 Å². The van der Waals surface area contributed by atoms with Crippen molar-refractivity contribution in [2.75, 3.05) is 24.5 Å². The molecular formula is C20H24Cl2N2O4S. The van der Waals surface area contributed by atoms with Gasteiger partial charge in [-0.15, -0.1) is 0 Å². The van der Waals surface area contributed by atoms with E-state index in [4.69, 9.17) is 27.9 Å². The zero-order valence-corrected chi connectivity index (χ0v) is 18.6. The summed E-state index contributed by atoms with van der Waals surface area (Å²) in [7, 11) is -3.87. The second-order valence-electron chi connectivity index (χ2n) is 6.84. The van der Waals surface area contributed by atoms with E-state index in [0.29, 0.717) is 37.7 Å². The minimum absolute atomic E-state index is 0.0249. The number of rotatable bonds is 10. The first-order chi connectivity index (χ1) is 13.7. The number of hydrogen-bond acceptors (Lipinski definition) is 4. The summed E-state index contributed by atoms with van der Waals surface area (Å²) in [6.45, 7) is 5.88. The Morgan fingerprint density at radius 3 is 2.55 bits per heavy atom. The fourth-order valence-corrected chi connectivity index (χ4v) is 3.82. The van der Waals surface area contributed by atoms with Crippen LogP contribution in [0, 0.1) is 5.92 Å². The van der Waals surface area contributed by atoms with E-state index in [1.807, 2.05) is 0 Å². The highest BCUT2D eigenvalue weighted by Crippen LogP contribution is 2.26. The summed E-state index contributed by atoms with van der Waals surface area (Å²) in [6, 6.07) is 10.3. The van der Waals surface area contributed by atoms with Crippen LogP contribution in [0.25, 0.3) is 0 Å². The van der Waals surface area contributed by atoms with Crippen molar-refractivity contribution in [2.24, 2.45) is 5.92 Å². The Labute approximate surface area is 181 Å². The molecule has 0 aliphatic carbocycles. The average Bonchev–Trinajstić information content (AvgIpc) is 2.66. The maximum atomic E-state index is 12.5. The van der Waals surface area contributed by atoms with Gasteiger partial charge >= 0.3 is 0 Å². The van der Waals surface area contributed by atoms with Crippen LogP contribution in [0.5, 0.6) is 0 Å². The largest absolute Gasteiger partial charge is 0.381 e. The van der Waals surface area contributed by atoms with Crippen molar-refractivity contribution in [1.29, 1.82) is 0 Å². The Hall–Kier alpha value is -1.80. The molecule has 2 aromatic carbocycles. The third-order valence-electron chi connectivity index (χ3n) is 3.78. The normalized spacial score (nSPS) is 11.5. The second-order valence-corrected chi connectivity index (χ2v) is 9.34. The highest BCUT2D eigenvalue weighted by Gasteiger charge is 2.16. The maximum Gasteiger partial charge on any atom is 0.261 e. The first-order valence-corrected chi connectivity index (χ1v) is 11.4. The molecule has 0 unspecified atom stereocenters. The lowest BCUT2D eigenvalue weighted by Crippen LogP contribution is -2.25. The predicted molar refractivity (Wildman–Crippen MR) is 116 cm³/mol. The highest BCUT2D eigenvalue weighted by molar-refractivity contribution is 7.92. The minimum atomic E-state index is -3.87. The van der Waals surface area contributed by atoms with E-state index in [1.165, 1.54) is 24.3 Å². The van der Waals surface area contributed by atoms with E-state index in [-0.39, 0.29) is 26.5 Å². The smallest absolute Gasteiger partial charge is 0.261 e. The van der Waals surface area contributed by atoms with E-state index >= 15 is 0 Å². The minimum Gasteiger partial charge on any atom is -0.381 e. The number of hydrogen-bond donors (Lipinski definition) is 2. The van der Waals surface area contributed by atoms with Gasteiger partial charge in [0.25, 0.3) is 15.9 Å². The molecular weight excluding hydrogens is 435 g/mol. The van der Waals surface area contributed by atoms with Crippen LogP contribution in [0.2, 0.25) is 10.0 Å². The number of sulfonamides is 1. The monoisotopic (exact) mass is 458 g/mol. The van der Waals surface area contributed by atoms with Crippen molar-refractivity contribution >= 4 is 44.8 Å².